The van der Waals surface area contributed by atoms with E-state index in [4.69, 9.17) is 0 Å². The van der Waals surface area contributed by atoms with E-state index in [1.807, 2.05) is 0 Å². The molecule has 5 unspecified atom stereocenters. The first-order chi connectivity index (χ1) is 10.4. The van der Waals surface area contributed by atoms with Crippen molar-refractivity contribution in [3.8, 4) is 0 Å². The van der Waals surface area contributed by atoms with Crippen LogP contribution >= 0.6 is 0 Å². The zero-order chi connectivity index (χ0) is 14.1. The molecule has 0 bridgehead atoms. The highest BCUT2D eigenvalue weighted by Crippen LogP contribution is 2.28. The van der Waals surface area contributed by atoms with E-state index in [1.54, 1.807) is 0 Å². The molecule has 5 atom stereocenters. The molecular formula is C16H31N5. The van der Waals surface area contributed by atoms with Crippen LogP contribution in [0.2, 0.25) is 0 Å². The van der Waals surface area contributed by atoms with Gasteiger partial charge in [-0.25, -0.2) is 0 Å². The van der Waals surface area contributed by atoms with Crippen molar-refractivity contribution in [2.75, 3.05) is 13.2 Å². The lowest BCUT2D eigenvalue weighted by Crippen LogP contribution is -2.76. The van der Waals surface area contributed by atoms with Crippen LogP contribution in [0.5, 0.6) is 0 Å². The van der Waals surface area contributed by atoms with Crippen LogP contribution in [0.25, 0.3) is 0 Å². The van der Waals surface area contributed by atoms with Crippen molar-refractivity contribution in [3.63, 3.8) is 0 Å². The van der Waals surface area contributed by atoms with Gasteiger partial charge in [0.2, 0.25) is 0 Å². The summed E-state index contributed by atoms with van der Waals surface area (Å²) in [6.07, 6.45) is 11.9. The summed E-state index contributed by atoms with van der Waals surface area (Å²) in [6, 6.07) is 1.84. The summed E-state index contributed by atoms with van der Waals surface area (Å²) in [7, 11) is 0. The van der Waals surface area contributed by atoms with Crippen molar-refractivity contribution in [2.45, 2.75) is 81.8 Å². The molecule has 0 radical (unpaired) electrons. The number of hydrogen-bond acceptors (Lipinski definition) is 5. The first-order valence-corrected chi connectivity index (χ1v) is 9.12. The average molecular weight is 293 g/mol. The molecule has 0 aromatic carbocycles. The standard InChI is InChI=1S/C16H31N5/c1-2-6-12(7-3-1)20-16-14-13(18-10-19-16)9-11-5-4-8-17-15(11)21-14/h11-21H,1-10H2. The van der Waals surface area contributed by atoms with Crippen molar-refractivity contribution < 1.29 is 0 Å². The van der Waals surface area contributed by atoms with Crippen LogP contribution in [0.4, 0.5) is 0 Å². The third-order valence-corrected chi connectivity index (χ3v) is 6.02. The molecular weight excluding hydrogens is 262 g/mol. The molecule has 3 heterocycles. The Labute approximate surface area is 128 Å². The molecule has 0 aromatic heterocycles. The Balaban J connectivity index is 1.40. The fourth-order valence-electron chi connectivity index (χ4n) is 4.85. The molecule has 1 saturated carbocycles. The molecule has 4 aliphatic rings. The fourth-order valence-corrected chi connectivity index (χ4v) is 4.85. The second-order valence-corrected chi connectivity index (χ2v) is 7.43. The molecule has 0 amide bonds. The van der Waals surface area contributed by atoms with Gasteiger partial charge in [0.15, 0.2) is 0 Å². The Hall–Kier alpha value is -0.200. The van der Waals surface area contributed by atoms with Gasteiger partial charge in [0.1, 0.15) is 0 Å². The molecule has 0 aromatic rings. The van der Waals surface area contributed by atoms with Crippen LogP contribution in [-0.4, -0.2) is 43.7 Å². The molecule has 120 valence electrons. The smallest absolute Gasteiger partial charge is 0.0757 e. The minimum atomic E-state index is 0.420. The van der Waals surface area contributed by atoms with Gasteiger partial charge in [0, 0.05) is 18.8 Å². The zero-order valence-corrected chi connectivity index (χ0v) is 13.0. The van der Waals surface area contributed by atoms with Gasteiger partial charge in [-0.1, -0.05) is 19.3 Å². The van der Waals surface area contributed by atoms with Gasteiger partial charge in [-0.15, -0.1) is 0 Å². The van der Waals surface area contributed by atoms with Gasteiger partial charge in [-0.3, -0.25) is 21.3 Å². The van der Waals surface area contributed by atoms with Gasteiger partial charge in [-0.2, -0.15) is 0 Å². The Morgan fingerprint density at radius 3 is 2.67 bits per heavy atom. The maximum absolute atomic E-state index is 3.91. The molecule has 1 aliphatic carbocycles. The van der Waals surface area contributed by atoms with E-state index >= 15 is 0 Å². The van der Waals surface area contributed by atoms with Crippen LogP contribution in [0.3, 0.4) is 0 Å². The van der Waals surface area contributed by atoms with Gasteiger partial charge in [0.05, 0.1) is 18.4 Å². The minimum absolute atomic E-state index is 0.420. The first kappa shape index (κ1) is 14.4. The molecule has 4 fully saturated rings. The van der Waals surface area contributed by atoms with E-state index in [1.165, 1.54) is 57.9 Å². The van der Waals surface area contributed by atoms with Crippen LogP contribution in [0.1, 0.15) is 51.4 Å². The number of nitrogens with one attached hydrogen (secondary N) is 5. The lowest BCUT2D eigenvalue weighted by molar-refractivity contribution is 0.0726. The summed E-state index contributed by atoms with van der Waals surface area (Å²) in [5, 5.41) is 18.8. The molecule has 5 nitrogen and oxygen atoms in total. The second kappa shape index (κ2) is 6.50. The molecule has 4 rings (SSSR count). The number of rotatable bonds is 2. The maximum atomic E-state index is 3.91. The monoisotopic (exact) mass is 293 g/mol. The summed E-state index contributed by atoms with van der Waals surface area (Å²) in [5.41, 5.74) is 0. The van der Waals surface area contributed by atoms with Crippen molar-refractivity contribution >= 4 is 0 Å². The lowest BCUT2D eigenvalue weighted by Gasteiger charge is -2.51. The van der Waals surface area contributed by atoms with Crippen molar-refractivity contribution in [1.82, 2.24) is 26.6 Å². The van der Waals surface area contributed by atoms with Crippen LogP contribution in [0.15, 0.2) is 0 Å². The average Bonchev–Trinajstić information content (AvgIpc) is 2.54. The van der Waals surface area contributed by atoms with Gasteiger partial charge in [0.25, 0.3) is 0 Å². The largest absolute Gasteiger partial charge is 0.302 e. The second-order valence-electron chi connectivity index (χ2n) is 7.43. The van der Waals surface area contributed by atoms with E-state index in [0.29, 0.717) is 30.5 Å². The number of hydrogen-bond donors (Lipinski definition) is 5. The lowest BCUT2D eigenvalue weighted by atomic mass is 9.81. The highest BCUT2D eigenvalue weighted by atomic mass is 15.3. The molecule has 21 heavy (non-hydrogen) atoms. The van der Waals surface area contributed by atoms with E-state index < -0.39 is 0 Å². The maximum Gasteiger partial charge on any atom is 0.0757 e. The van der Waals surface area contributed by atoms with Crippen LogP contribution in [-0.2, 0) is 0 Å². The fraction of sp³-hybridized carbons (Fsp3) is 1.00. The summed E-state index contributed by atoms with van der Waals surface area (Å²) in [5.74, 6) is 0.806. The summed E-state index contributed by atoms with van der Waals surface area (Å²) >= 11 is 0. The Bertz CT molecular complexity index is 344. The molecule has 3 aliphatic heterocycles. The van der Waals surface area contributed by atoms with E-state index in [2.05, 4.69) is 26.6 Å². The third kappa shape index (κ3) is 3.13. The third-order valence-electron chi connectivity index (χ3n) is 6.02. The summed E-state index contributed by atoms with van der Waals surface area (Å²) in [6.45, 7) is 2.12. The van der Waals surface area contributed by atoms with Crippen LogP contribution in [0, 0.1) is 5.92 Å². The first-order valence-electron chi connectivity index (χ1n) is 9.12. The normalized spacial score (nSPS) is 44.9. The summed E-state index contributed by atoms with van der Waals surface area (Å²) in [4.78, 5) is 0. The SMILES string of the molecule is C1CCC(NC2NCNC3CC4CCCNC4NC32)CC1. The highest BCUT2D eigenvalue weighted by molar-refractivity contribution is 5.03. The van der Waals surface area contributed by atoms with Crippen molar-refractivity contribution in [3.05, 3.63) is 0 Å². The van der Waals surface area contributed by atoms with Crippen molar-refractivity contribution in [1.29, 1.82) is 0 Å². The number of piperidine rings is 2. The Morgan fingerprint density at radius 2 is 1.76 bits per heavy atom. The Morgan fingerprint density at radius 1 is 0.857 bits per heavy atom. The summed E-state index contributed by atoms with van der Waals surface area (Å²) < 4.78 is 0. The predicted molar refractivity (Wildman–Crippen MR) is 84.8 cm³/mol. The molecule has 5 heteroatoms. The molecule has 5 N–H and O–H groups in total. The zero-order valence-electron chi connectivity index (χ0n) is 13.0. The Kier molecular flexibility index (Phi) is 4.46. The quantitative estimate of drug-likeness (QED) is 0.511. The molecule has 0 spiro atoms. The van der Waals surface area contributed by atoms with Gasteiger partial charge in [-0.05, 0) is 44.6 Å². The predicted octanol–water partition coefficient (Wildman–Crippen LogP) is 0.441. The topological polar surface area (TPSA) is 60.1 Å². The number of fused-ring (bicyclic) bond motifs is 2. The molecule has 3 saturated heterocycles. The van der Waals surface area contributed by atoms with Crippen molar-refractivity contribution in [2.24, 2.45) is 5.92 Å². The van der Waals surface area contributed by atoms with Gasteiger partial charge >= 0.3 is 0 Å². The van der Waals surface area contributed by atoms with E-state index in [0.717, 1.165) is 12.6 Å². The van der Waals surface area contributed by atoms with E-state index in [9.17, 15) is 0 Å². The van der Waals surface area contributed by atoms with Crippen LogP contribution < -0.4 is 26.6 Å². The minimum Gasteiger partial charge on any atom is -0.302 e. The van der Waals surface area contributed by atoms with E-state index in [-0.39, 0.29) is 0 Å². The highest BCUT2D eigenvalue weighted by Gasteiger charge is 2.42. The van der Waals surface area contributed by atoms with Gasteiger partial charge < -0.3 is 5.32 Å².